The summed E-state index contributed by atoms with van der Waals surface area (Å²) in [5.41, 5.74) is 5.80. The number of nitrogens with two attached hydrogens (primary N) is 1. The summed E-state index contributed by atoms with van der Waals surface area (Å²) in [6, 6.07) is 7.87. The summed E-state index contributed by atoms with van der Waals surface area (Å²) in [7, 11) is 0. The van der Waals surface area contributed by atoms with Crippen molar-refractivity contribution in [3.63, 3.8) is 0 Å². The first kappa shape index (κ1) is 12.5. The lowest BCUT2D eigenvalue weighted by atomic mass is 9.90. The predicted molar refractivity (Wildman–Crippen MR) is 67.1 cm³/mol. The number of benzene rings is 1. The van der Waals surface area contributed by atoms with Gasteiger partial charge in [0.2, 0.25) is 0 Å². The number of halogens is 1. The Hall–Kier alpha value is -0.540. The Kier molecular flexibility index (Phi) is 4.61. The first-order valence-corrected chi connectivity index (χ1v) is 5.92. The van der Waals surface area contributed by atoms with Gasteiger partial charge in [0.25, 0.3) is 0 Å². The molecule has 2 nitrogen and oxygen atoms in total. The fourth-order valence-electron chi connectivity index (χ4n) is 1.10. The van der Waals surface area contributed by atoms with Crippen LogP contribution < -0.4 is 10.5 Å². The third kappa shape index (κ3) is 4.22. The highest BCUT2D eigenvalue weighted by Gasteiger charge is 2.15. The van der Waals surface area contributed by atoms with Crippen LogP contribution in [0.4, 0.5) is 0 Å². The summed E-state index contributed by atoms with van der Waals surface area (Å²) in [4.78, 5) is 0. The molecule has 0 saturated carbocycles. The van der Waals surface area contributed by atoms with Gasteiger partial charge in [-0.2, -0.15) is 0 Å². The van der Waals surface area contributed by atoms with Crippen molar-refractivity contribution in [2.24, 2.45) is 11.1 Å². The van der Waals surface area contributed by atoms with Gasteiger partial charge in [0.15, 0.2) is 0 Å². The van der Waals surface area contributed by atoms with Crippen LogP contribution >= 0.6 is 15.9 Å². The molecule has 3 heteroatoms. The Morgan fingerprint density at radius 1 is 1.33 bits per heavy atom. The van der Waals surface area contributed by atoms with Crippen LogP contribution in [0, 0.1) is 5.41 Å². The molecule has 0 atom stereocenters. The van der Waals surface area contributed by atoms with E-state index in [9.17, 15) is 0 Å². The lowest BCUT2D eigenvalue weighted by molar-refractivity contribution is 0.232. The van der Waals surface area contributed by atoms with E-state index in [-0.39, 0.29) is 5.41 Å². The van der Waals surface area contributed by atoms with E-state index in [1.807, 2.05) is 24.3 Å². The minimum Gasteiger partial charge on any atom is -0.492 e. The molecule has 15 heavy (non-hydrogen) atoms. The zero-order valence-corrected chi connectivity index (χ0v) is 10.9. The Morgan fingerprint density at radius 3 is 2.60 bits per heavy atom. The lowest BCUT2D eigenvalue weighted by Gasteiger charge is -2.22. The highest BCUT2D eigenvalue weighted by Crippen LogP contribution is 2.25. The fraction of sp³-hybridized carbons (Fsp3) is 0.500. The minimum atomic E-state index is 0.154. The molecule has 0 aliphatic rings. The number of rotatable bonds is 5. The molecule has 0 aromatic heterocycles. The predicted octanol–water partition coefficient (Wildman–Crippen LogP) is 3.20. The topological polar surface area (TPSA) is 35.2 Å². The molecule has 1 aromatic carbocycles. The summed E-state index contributed by atoms with van der Waals surface area (Å²) < 4.78 is 6.67. The first-order valence-electron chi connectivity index (χ1n) is 5.12. The van der Waals surface area contributed by atoms with E-state index in [0.717, 1.165) is 16.6 Å². The van der Waals surface area contributed by atoms with E-state index in [0.29, 0.717) is 13.2 Å². The number of ether oxygens (including phenoxy) is 1. The third-order valence-electron chi connectivity index (χ3n) is 2.43. The summed E-state index contributed by atoms with van der Waals surface area (Å²) in [5, 5.41) is 0. The average Bonchev–Trinajstić information content (AvgIpc) is 2.21. The molecule has 0 bridgehead atoms. The molecular weight excluding hydrogens is 254 g/mol. The molecule has 1 aromatic rings. The van der Waals surface area contributed by atoms with E-state index in [2.05, 4.69) is 29.8 Å². The van der Waals surface area contributed by atoms with Crippen molar-refractivity contribution >= 4 is 15.9 Å². The Morgan fingerprint density at radius 2 is 2.00 bits per heavy atom. The second-order valence-corrected chi connectivity index (χ2v) is 5.25. The molecule has 0 aliphatic heterocycles. The molecule has 1 rings (SSSR count). The number of para-hydroxylation sites is 1. The van der Waals surface area contributed by atoms with Crippen molar-refractivity contribution < 1.29 is 4.74 Å². The lowest BCUT2D eigenvalue weighted by Crippen LogP contribution is -2.25. The smallest absolute Gasteiger partial charge is 0.133 e. The van der Waals surface area contributed by atoms with Gasteiger partial charge in [-0.05, 0) is 46.4 Å². The maximum atomic E-state index is 5.67. The molecule has 0 aliphatic carbocycles. The number of hydrogen-bond donors (Lipinski definition) is 1. The molecule has 0 amide bonds. The van der Waals surface area contributed by atoms with Crippen LogP contribution in [-0.4, -0.2) is 13.2 Å². The zero-order chi connectivity index (χ0) is 11.3. The van der Waals surface area contributed by atoms with Gasteiger partial charge in [-0.15, -0.1) is 0 Å². The quantitative estimate of drug-likeness (QED) is 0.893. The summed E-state index contributed by atoms with van der Waals surface area (Å²) >= 11 is 3.44. The van der Waals surface area contributed by atoms with Crippen LogP contribution in [0.3, 0.4) is 0 Å². The van der Waals surface area contributed by atoms with Crippen LogP contribution in [0.15, 0.2) is 28.7 Å². The maximum Gasteiger partial charge on any atom is 0.133 e. The average molecular weight is 272 g/mol. The highest BCUT2D eigenvalue weighted by atomic mass is 79.9. The summed E-state index contributed by atoms with van der Waals surface area (Å²) in [6.45, 7) is 5.69. The van der Waals surface area contributed by atoms with Crippen LogP contribution in [0.5, 0.6) is 5.75 Å². The Bertz CT molecular complexity index is 312. The van der Waals surface area contributed by atoms with E-state index in [1.165, 1.54) is 0 Å². The van der Waals surface area contributed by atoms with Gasteiger partial charge >= 0.3 is 0 Å². The molecule has 2 N–H and O–H groups in total. The normalized spacial score (nSPS) is 11.5. The largest absolute Gasteiger partial charge is 0.492 e. The standard InChI is InChI=1S/C12H18BrNO/c1-12(2,9-14)7-8-15-11-6-4-3-5-10(11)13/h3-6H,7-9,14H2,1-2H3. The van der Waals surface area contributed by atoms with Crippen LogP contribution in [0.1, 0.15) is 20.3 Å². The molecule has 0 fully saturated rings. The Labute approximate surface area is 99.9 Å². The third-order valence-corrected chi connectivity index (χ3v) is 3.08. The van der Waals surface area contributed by atoms with Crippen LogP contribution in [-0.2, 0) is 0 Å². The zero-order valence-electron chi connectivity index (χ0n) is 9.29. The summed E-state index contributed by atoms with van der Waals surface area (Å²) in [5.74, 6) is 0.894. The molecule has 0 spiro atoms. The molecule has 84 valence electrons. The first-order chi connectivity index (χ1) is 7.05. The van der Waals surface area contributed by atoms with E-state index >= 15 is 0 Å². The van der Waals surface area contributed by atoms with Gasteiger partial charge in [0.1, 0.15) is 5.75 Å². The van der Waals surface area contributed by atoms with Gasteiger partial charge in [-0.25, -0.2) is 0 Å². The molecule has 0 saturated heterocycles. The molecular formula is C12H18BrNO. The van der Waals surface area contributed by atoms with Crippen molar-refractivity contribution in [3.8, 4) is 5.75 Å². The minimum absolute atomic E-state index is 0.154. The van der Waals surface area contributed by atoms with Crippen LogP contribution in [0.2, 0.25) is 0 Å². The highest BCUT2D eigenvalue weighted by molar-refractivity contribution is 9.10. The van der Waals surface area contributed by atoms with Gasteiger partial charge < -0.3 is 10.5 Å². The fourth-order valence-corrected chi connectivity index (χ4v) is 1.50. The van der Waals surface area contributed by atoms with Gasteiger partial charge in [-0.1, -0.05) is 26.0 Å². The second kappa shape index (κ2) is 5.52. The molecule has 0 unspecified atom stereocenters. The van der Waals surface area contributed by atoms with Crippen molar-refractivity contribution in [3.05, 3.63) is 28.7 Å². The van der Waals surface area contributed by atoms with Gasteiger partial charge in [-0.3, -0.25) is 0 Å². The van der Waals surface area contributed by atoms with Gasteiger partial charge in [0, 0.05) is 0 Å². The van der Waals surface area contributed by atoms with E-state index in [1.54, 1.807) is 0 Å². The monoisotopic (exact) mass is 271 g/mol. The molecule has 0 heterocycles. The van der Waals surface area contributed by atoms with Crippen molar-refractivity contribution in [1.29, 1.82) is 0 Å². The van der Waals surface area contributed by atoms with E-state index in [4.69, 9.17) is 10.5 Å². The SMILES string of the molecule is CC(C)(CN)CCOc1ccccc1Br. The summed E-state index contributed by atoms with van der Waals surface area (Å²) in [6.07, 6.45) is 0.963. The Balaban J connectivity index is 2.42. The van der Waals surface area contributed by atoms with Gasteiger partial charge in [0.05, 0.1) is 11.1 Å². The second-order valence-electron chi connectivity index (χ2n) is 4.40. The number of hydrogen-bond acceptors (Lipinski definition) is 2. The van der Waals surface area contributed by atoms with Crippen LogP contribution in [0.25, 0.3) is 0 Å². The maximum absolute atomic E-state index is 5.67. The van der Waals surface area contributed by atoms with Crippen molar-refractivity contribution in [1.82, 2.24) is 0 Å². The van der Waals surface area contributed by atoms with E-state index < -0.39 is 0 Å². The van der Waals surface area contributed by atoms with Crippen molar-refractivity contribution in [2.75, 3.05) is 13.2 Å². The molecule has 0 radical (unpaired) electrons. The van der Waals surface area contributed by atoms with Crippen molar-refractivity contribution in [2.45, 2.75) is 20.3 Å².